The number of hydrogen-bond donors (Lipinski definition) is 1. The van der Waals surface area contributed by atoms with E-state index < -0.39 is 0 Å². The van der Waals surface area contributed by atoms with E-state index in [1.165, 1.54) is 14.2 Å². The molecule has 0 heterocycles. The zero-order chi connectivity index (χ0) is 17.2. The topological polar surface area (TPSA) is 55.8 Å². The third-order valence-electron chi connectivity index (χ3n) is 4.46. The van der Waals surface area contributed by atoms with Crippen LogP contribution in [0.2, 0.25) is 0 Å². The average Bonchev–Trinajstić information content (AvgIpc) is 2.49. The summed E-state index contributed by atoms with van der Waals surface area (Å²) in [5.41, 5.74) is 1.61. The van der Waals surface area contributed by atoms with Gasteiger partial charge in [0.1, 0.15) is 0 Å². The fourth-order valence-electron chi connectivity index (χ4n) is 3.14. The molecular weight excluding hydrogens is 292 g/mol. The van der Waals surface area contributed by atoms with Gasteiger partial charge in [0.15, 0.2) is 17.3 Å². The van der Waals surface area contributed by atoms with Crippen LogP contribution in [0.5, 0.6) is 17.2 Å². The first kappa shape index (κ1) is 17.4. The highest BCUT2D eigenvalue weighted by molar-refractivity contribution is 6.02. The quantitative estimate of drug-likeness (QED) is 0.848. The lowest BCUT2D eigenvalue weighted by molar-refractivity contribution is -0.123. The fraction of sp³-hybridized carbons (Fsp3) is 0.526. The van der Waals surface area contributed by atoms with E-state index in [2.05, 4.69) is 20.8 Å². The summed E-state index contributed by atoms with van der Waals surface area (Å²) < 4.78 is 10.4. The van der Waals surface area contributed by atoms with Crippen LogP contribution in [-0.4, -0.2) is 25.1 Å². The van der Waals surface area contributed by atoms with Gasteiger partial charge in [-0.25, -0.2) is 0 Å². The number of rotatable bonds is 3. The fourth-order valence-corrected chi connectivity index (χ4v) is 3.14. The van der Waals surface area contributed by atoms with Gasteiger partial charge in [0.25, 0.3) is 0 Å². The van der Waals surface area contributed by atoms with Crippen LogP contribution in [0.3, 0.4) is 0 Å². The molecule has 0 aromatic heterocycles. The van der Waals surface area contributed by atoms with Crippen LogP contribution in [0.1, 0.15) is 45.6 Å². The van der Waals surface area contributed by atoms with Crippen molar-refractivity contribution in [3.05, 3.63) is 23.3 Å². The number of ketones is 1. The van der Waals surface area contributed by atoms with E-state index in [9.17, 15) is 9.90 Å². The molecule has 0 saturated heterocycles. The minimum atomic E-state index is -0.0281. The van der Waals surface area contributed by atoms with Gasteiger partial charge >= 0.3 is 0 Å². The van der Waals surface area contributed by atoms with Gasteiger partial charge in [-0.1, -0.05) is 20.8 Å². The Balaban J connectivity index is 2.39. The number of benzene rings is 1. The van der Waals surface area contributed by atoms with Crippen molar-refractivity contribution in [1.29, 1.82) is 0 Å². The van der Waals surface area contributed by atoms with Gasteiger partial charge in [-0.3, -0.25) is 4.79 Å². The molecule has 0 spiro atoms. The third-order valence-corrected chi connectivity index (χ3v) is 4.46. The van der Waals surface area contributed by atoms with Gasteiger partial charge in [0.2, 0.25) is 5.75 Å². The Morgan fingerprint density at radius 2 is 1.74 bits per heavy atom. The Kier molecular flexibility index (Phi) is 5.03. The van der Waals surface area contributed by atoms with E-state index >= 15 is 0 Å². The Labute approximate surface area is 138 Å². The summed E-state index contributed by atoms with van der Waals surface area (Å²) in [6, 6.07) is 3.44. The number of carbonyl (C=O) groups excluding carboxylic acids is 1. The molecule has 2 rings (SSSR count). The number of aromatic hydroxyl groups is 1. The summed E-state index contributed by atoms with van der Waals surface area (Å²) >= 11 is 0. The second-order valence-corrected chi connectivity index (χ2v) is 7.12. The average molecular weight is 318 g/mol. The van der Waals surface area contributed by atoms with Crippen molar-refractivity contribution in [2.75, 3.05) is 14.2 Å². The van der Waals surface area contributed by atoms with E-state index in [4.69, 9.17) is 9.47 Å². The molecule has 0 aliphatic heterocycles. The second kappa shape index (κ2) is 6.65. The molecule has 1 saturated carbocycles. The highest BCUT2D eigenvalue weighted by Crippen LogP contribution is 2.40. The molecule has 1 aliphatic carbocycles. The van der Waals surface area contributed by atoms with Gasteiger partial charge in [-0.15, -0.1) is 0 Å². The van der Waals surface area contributed by atoms with Crippen molar-refractivity contribution < 1.29 is 19.4 Å². The van der Waals surface area contributed by atoms with Gasteiger partial charge in [0, 0.05) is 5.92 Å². The minimum absolute atomic E-state index is 0.0269. The normalized spacial score (nSPS) is 20.7. The summed E-state index contributed by atoms with van der Waals surface area (Å²) in [6.45, 7) is 6.35. The third kappa shape index (κ3) is 3.69. The molecule has 1 fully saturated rings. The van der Waals surface area contributed by atoms with Crippen molar-refractivity contribution in [3.8, 4) is 17.2 Å². The van der Waals surface area contributed by atoms with Crippen LogP contribution < -0.4 is 9.47 Å². The lowest BCUT2D eigenvalue weighted by Crippen LogP contribution is -2.32. The summed E-state index contributed by atoms with van der Waals surface area (Å²) in [7, 11) is 2.99. The lowest BCUT2D eigenvalue weighted by Gasteiger charge is -2.33. The van der Waals surface area contributed by atoms with E-state index in [1.54, 1.807) is 12.1 Å². The van der Waals surface area contributed by atoms with Crippen LogP contribution in [-0.2, 0) is 4.79 Å². The van der Waals surface area contributed by atoms with Crippen LogP contribution >= 0.6 is 0 Å². The van der Waals surface area contributed by atoms with E-state index in [1.807, 2.05) is 6.08 Å². The molecule has 4 heteroatoms. The Morgan fingerprint density at radius 3 is 2.22 bits per heavy atom. The zero-order valence-corrected chi connectivity index (χ0v) is 14.6. The number of phenolic OH excluding ortho intramolecular Hbond substituents is 1. The van der Waals surface area contributed by atoms with E-state index in [0.717, 1.165) is 30.4 Å². The maximum absolute atomic E-state index is 12.8. The molecule has 1 N–H and O–H groups in total. The first-order valence-electron chi connectivity index (χ1n) is 7.97. The zero-order valence-electron chi connectivity index (χ0n) is 14.6. The van der Waals surface area contributed by atoms with Crippen molar-refractivity contribution in [3.63, 3.8) is 0 Å². The van der Waals surface area contributed by atoms with Crippen LogP contribution in [0, 0.1) is 11.3 Å². The highest BCUT2D eigenvalue weighted by Gasteiger charge is 2.35. The lowest BCUT2D eigenvalue weighted by atomic mass is 9.70. The molecule has 126 valence electrons. The van der Waals surface area contributed by atoms with E-state index in [0.29, 0.717) is 11.5 Å². The number of phenols is 1. The monoisotopic (exact) mass is 318 g/mol. The Morgan fingerprint density at radius 1 is 1.17 bits per heavy atom. The molecular formula is C19H26O4. The molecule has 0 unspecified atom stereocenters. The highest BCUT2D eigenvalue weighted by atomic mass is 16.5. The van der Waals surface area contributed by atoms with E-state index in [-0.39, 0.29) is 22.9 Å². The summed E-state index contributed by atoms with van der Waals surface area (Å²) in [4.78, 5) is 12.8. The van der Waals surface area contributed by atoms with Gasteiger partial charge < -0.3 is 14.6 Å². The molecule has 0 radical (unpaired) electrons. The van der Waals surface area contributed by atoms with Crippen molar-refractivity contribution in [1.82, 2.24) is 0 Å². The first-order chi connectivity index (χ1) is 10.8. The molecule has 0 amide bonds. The number of Topliss-reactive ketones (excluding diaryl/α,β-unsaturated/α-hetero) is 1. The predicted octanol–water partition coefficient (Wildman–Crippen LogP) is 4.21. The Hall–Kier alpha value is -1.97. The SMILES string of the molecule is COc1cc(/C=C2\CCC[C@H](C(C)(C)C)C2=O)cc(OC)c1O. The number of methoxy groups -OCH3 is 2. The summed E-state index contributed by atoms with van der Waals surface area (Å²) in [5.74, 6) is 0.941. The van der Waals surface area contributed by atoms with Gasteiger partial charge in [-0.2, -0.15) is 0 Å². The van der Waals surface area contributed by atoms with Crippen molar-refractivity contribution in [2.24, 2.45) is 11.3 Å². The van der Waals surface area contributed by atoms with Crippen LogP contribution in [0.4, 0.5) is 0 Å². The molecule has 23 heavy (non-hydrogen) atoms. The molecule has 0 bridgehead atoms. The number of allylic oxidation sites excluding steroid dienone is 1. The van der Waals surface area contributed by atoms with Crippen LogP contribution in [0.15, 0.2) is 17.7 Å². The second-order valence-electron chi connectivity index (χ2n) is 7.12. The first-order valence-corrected chi connectivity index (χ1v) is 7.97. The van der Waals surface area contributed by atoms with Gasteiger partial charge in [-0.05, 0) is 54.0 Å². The molecule has 1 atom stereocenters. The minimum Gasteiger partial charge on any atom is -0.502 e. The predicted molar refractivity (Wildman–Crippen MR) is 91.0 cm³/mol. The molecule has 1 aromatic carbocycles. The van der Waals surface area contributed by atoms with Crippen LogP contribution in [0.25, 0.3) is 6.08 Å². The summed E-state index contributed by atoms with van der Waals surface area (Å²) in [6.07, 6.45) is 4.65. The standard InChI is InChI=1S/C19H26O4/c1-19(2,3)14-8-6-7-13(17(14)20)9-12-10-15(22-4)18(21)16(11-12)23-5/h9-11,14,21H,6-8H2,1-5H3/b13-9+/t14-/m0/s1. The van der Waals surface area contributed by atoms with Crippen molar-refractivity contribution in [2.45, 2.75) is 40.0 Å². The maximum Gasteiger partial charge on any atom is 0.200 e. The van der Waals surface area contributed by atoms with Crippen molar-refractivity contribution >= 4 is 11.9 Å². The maximum atomic E-state index is 12.8. The smallest absolute Gasteiger partial charge is 0.200 e. The Bertz CT molecular complexity index is 598. The molecule has 4 nitrogen and oxygen atoms in total. The molecule has 1 aromatic rings. The number of ether oxygens (including phenoxy) is 2. The van der Waals surface area contributed by atoms with Gasteiger partial charge in [0.05, 0.1) is 14.2 Å². The molecule has 1 aliphatic rings. The largest absolute Gasteiger partial charge is 0.502 e. The number of carbonyl (C=O) groups is 1. The number of hydrogen-bond acceptors (Lipinski definition) is 4. The summed E-state index contributed by atoms with van der Waals surface area (Å²) in [5, 5.41) is 9.98.